The molecule has 1 aliphatic heterocycles. The van der Waals surface area contributed by atoms with E-state index in [4.69, 9.17) is 0 Å². The quantitative estimate of drug-likeness (QED) is 0.763. The van der Waals surface area contributed by atoms with Crippen molar-refractivity contribution in [3.05, 3.63) is 29.8 Å². The van der Waals surface area contributed by atoms with Crippen LogP contribution in [0.4, 0.5) is 5.82 Å². The van der Waals surface area contributed by atoms with Crippen molar-refractivity contribution in [2.45, 2.75) is 52.4 Å². The van der Waals surface area contributed by atoms with Gasteiger partial charge in [0.05, 0.1) is 11.1 Å². The van der Waals surface area contributed by atoms with Gasteiger partial charge in [0, 0.05) is 37.9 Å². The molecule has 0 radical (unpaired) electrons. The Morgan fingerprint density at radius 2 is 1.52 bits per heavy atom. The van der Waals surface area contributed by atoms with Crippen molar-refractivity contribution < 1.29 is 4.79 Å². The zero-order valence-corrected chi connectivity index (χ0v) is 18.6. The molecule has 5 aliphatic rings. The predicted molar refractivity (Wildman–Crippen MR) is 118 cm³/mol. The van der Waals surface area contributed by atoms with Crippen LogP contribution in [0.5, 0.6) is 0 Å². The highest BCUT2D eigenvalue weighted by Crippen LogP contribution is 2.60. The normalized spacial score (nSPS) is 32.0. The van der Waals surface area contributed by atoms with Crippen LogP contribution in [0.1, 0.15) is 49.9 Å². The maximum Gasteiger partial charge on any atom is 0.228 e. The third-order valence-corrected chi connectivity index (χ3v) is 8.25. The highest BCUT2D eigenvalue weighted by Gasteiger charge is 2.55. The van der Waals surface area contributed by atoms with E-state index in [1.54, 1.807) is 6.33 Å². The highest BCUT2D eigenvalue weighted by molar-refractivity contribution is 5.83. The lowest BCUT2D eigenvalue weighted by Gasteiger charge is -2.57. The van der Waals surface area contributed by atoms with Crippen LogP contribution in [0.3, 0.4) is 0 Å². The summed E-state index contributed by atoms with van der Waals surface area (Å²) < 4.78 is 1.87. The zero-order chi connectivity index (χ0) is 21.2. The largest absolute Gasteiger partial charge is 0.353 e. The van der Waals surface area contributed by atoms with Crippen LogP contribution in [0, 0.1) is 37.0 Å². The number of carbonyl (C=O) groups excluding carboxylic acids is 1. The fourth-order valence-corrected chi connectivity index (χ4v) is 7.33. The standard InChI is InChI=1S/C24H32N6O/c1-16-7-17(2)30(27-16)22-11-21(25-15-26-22)28-3-5-29(6-4-28)23(31)24-12-18-8-19(13-24)10-20(9-18)14-24/h7,11,15,18-20H,3-6,8-10,12-14H2,1-2H3. The minimum Gasteiger partial charge on any atom is -0.353 e. The van der Waals surface area contributed by atoms with E-state index in [-0.39, 0.29) is 5.41 Å². The van der Waals surface area contributed by atoms with Crippen LogP contribution in [0.2, 0.25) is 0 Å². The molecule has 2 aromatic rings. The predicted octanol–water partition coefficient (Wildman–Crippen LogP) is 3.14. The fraction of sp³-hybridized carbons (Fsp3) is 0.667. The number of piperazine rings is 1. The molecule has 2 aromatic heterocycles. The summed E-state index contributed by atoms with van der Waals surface area (Å²) in [7, 11) is 0. The first-order valence-corrected chi connectivity index (χ1v) is 11.9. The lowest BCUT2D eigenvalue weighted by atomic mass is 9.49. The Bertz CT molecular complexity index is 970. The van der Waals surface area contributed by atoms with E-state index in [9.17, 15) is 4.79 Å². The maximum absolute atomic E-state index is 13.6. The second-order valence-electron chi connectivity index (χ2n) is 10.6. The molecule has 5 fully saturated rings. The molecule has 4 bridgehead atoms. The van der Waals surface area contributed by atoms with Gasteiger partial charge in [0.2, 0.25) is 5.91 Å². The average Bonchev–Trinajstić information content (AvgIpc) is 3.10. The van der Waals surface area contributed by atoms with Gasteiger partial charge in [-0.05, 0) is 76.2 Å². The van der Waals surface area contributed by atoms with Crippen molar-refractivity contribution >= 4 is 11.7 Å². The van der Waals surface area contributed by atoms with Crippen LogP contribution < -0.4 is 4.90 Å². The third kappa shape index (κ3) is 3.24. The van der Waals surface area contributed by atoms with Gasteiger partial charge in [-0.15, -0.1) is 0 Å². The first kappa shape index (κ1) is 19.3. The number of aryl methyl sites for hydroxylation is 2. The van der Waals surface area contributed by atoms with E-state index in [1.165, 1.54) is 19.3 Å². The van der Waals surface area contributed by atoms with E-state index in [0.717, 1.165) is 86.2 Å². The maximum atomic E-state index is 13.6. The van der Waals surface area contributed by atoms with Crippen LogP contribution in [0.15, 0.2) is 18.5 Å². The van der Waals surface area contributed by atoms with Crippen molar-refractivity contribution in [2.75, 3.05) is 31.1 Å². The molecular weight excluding hydrogens is 388 g/mol. The summed E-state index contributed by atoms with van der Waals surface area (Å²) >= 11 is 0. The zero-order valence-electron chi connectivity index (χ0n) is 18.6. The summed E-state index contributed by atoms with van der Waals surface area (Å²) in [5.41, 5.74) is 2.01. The average molecular weight is 421 g/mol. The summed E-state index contributed by atoms with van der Waals surface area (Å²) in [6.07, 6.45) is 9.21. The summed E-state index contributed by atoms with van der Waals surface area (Å²) in [5, 5.41) is 4.55. The number of aromatic nitrogens is 4. The number of carbonyl (C=O) groups is 1. The lowest BCUT2D eigenvalue weighted by Crippen LogP contribution is -2.58. The van der Waals surface area contributed by atoms with Gasteiger partial charge in [-0.25, -0.2) is 14.6 Å². The molecule has 7 heteroatoms. The first-order chi connectivity index (χ1) is 15.0. The molecule has 31 heavy (non-hydrogen) atoms. The van der Waals surface area contributed by atoms with E-state index in [0.29, 0.717) is 5.91 Å². The molecule has 7 nitrogen and oxygen atoms in total. The van der Waals surface area contributed by atoms with E-state index < -0.39 is 0 Å². The Morgan fingerprint density at radius 1 is 0.903 bits per heavy atom. The SMILES string of the molecule is Cc1cc(C)n(-c2cc(N3CCN(C(=O)C45CC6CC(CC(C6)C4)C5)CC3)ncn2)n1. The summed E-state index contributed by atoms with van der Waals surface area (Å²) in [5.74, 6) is 4.60. The Balaban J connectivity index is 1.15. The molecule has 4 saturated carbocycles. The third-order valence-electron chi connectivity index (χ3n) is 8.25. The monoisotopic (exact) mass is 420 g/mol. The Hall–Kier alpha value is -2.44. The number of nitrogens with zero attached hydrogens (tertiary/aromatic N) is 6. The van der Waals surface area contributed by atoms with Crippen LogP contribution in [0.25, 0.3) is 5.82 Å². The van der Waals surface area contributed by atoms with Gasteiger partial charge < -0.3 is 9.80 Å². The van der Waals surface area contributed by atoms with Gasteiger partial charge in [0.1, 0.15) is 12.1 Å². The molecule has 0 unspecified atom stereocenters. The van der Waals surface area contributed by atoms with Gasteiger partial charge in [0.25, 0.3) is 0 Å². The number of anilines is 1. The fourth-order valence-electron chi connectivity index (χ4n) is 7.33. The lowest BCUT2D eigenvalue weighted by molar-refractivity contribution is -0.158. The minimum atomic E-state index is -0.0332. The molecule has 4 aliphatic carbocycles. The Kier molecular flexibility index (Phi) is 4.37. The van der Waals surface area contributed by atoms with Crippen LogP contribution in [-0.4, -0.2) is 56.7 Å². The first-order valence-electron chi connectivity index (χ1n) is 11.9. The van der Waals surface area contributed by atoms with Crippen LogP contribution in [-0.2, 0) is 4.79 Å². The van der Waals surface area contributed by atoms with E-state index >= 15 is 0 Å². The summed E-state index contributed by atoms with van der Waals surface area (Å²) in [6.45, 7) is 7.26. The van der Waals surface area contributed by atoms with Crippen LogP contribution >= 0.6 is 0 Å². The van der Waals surface area contributed by atoms with Gasteiger partial charge in [-0.2, -0.15) is 5.10 Å². The molecule has 0 aromatic carbocycles. The van der Waals surface area contributed by atoms with Crippen molar-refractivity contribution in [3.63, 3.8) is 0 Å². The molecule has 7 rings (SSSR count). The number of amides is 1. The Morgan fingerprint density at radius 3 is 2.10 bits per heavy atom. The topological polar surface area (TPSA) is 67.2 Å². The van der Waals surface area contributed by atoms with Crippen molar-refractivity contribution in [2.24, 2.45) is 23.2 Å². The van der Waals surface area contributed by atoms with E-state index in [2.05, 4.69) is 30.9 Å². The molecule has 0 spiro atoms. The second kappa shape index (κ2) is 7.04. The molecule has 1 amide bonds. The van der Waals surface area contributed by atoms with Crippen molar-refractivity contribution in [1.82, 2.24) is 24.6 Å². The van der Waals surface area contributed by atoms with Gasteiger partial charge in [-0.3, -0.25) is 4.79 Å². The van der Waals surface area contributed by atoms with E-state index in [1.807, 2.05) is 24.6 Å². The molecule has 0 atom stereocenters. The number of rotatable bonds is 3. The second-order valence-corrected chi connectivity index (χ2v) is 10.6. The molecule has 3 heterocycles. The molecule has 0 N–H and O–H groups in total. The molecular formula is C24H32N6O. The van der Waals surface area contributed by atoms with Crippen molar-refractivity contribution in [3.8, 4) is 5.82 Å². The van der Waals surface area contributed by atoms with Gasteiger partial charge >= 0.3 is 0 Å². The molecule has 164 valence electrons. The molecule has 1 saturated heterocycles. The summed E-state index contributed by atoms with van der Waals surface area (Å²) in [4.78, 5) is 27.0. The minimum absolute atomic E-state index is 0.0332. The van der Waals surface area contributed by atoms with Gasteiger partial charge in [-0.1, -0.05) is 0 Å². The highest BCUT2D eigenvalue weighted by atomic mass is 16.2. The van der Waals surface area contributed by atoms with Crippen molar-refractivity contribution in [1.29, 1.82) is 0 Å². The number of hydrogen-bond donors (Lipinski definition) is 0. The smallest absolute Gasteiger partial charge is 0.228 e. The number of hydrogen-bond acceptors (Lipinski definition) is 5. The summed E-state index contributed by atoms with van der Waals surface area (Å²) in [6, 6.07) is 4.06. The Labute approximate surface area is 183 Å². The van der Waals surface area contributed by atoms with Gasteiger partial charge in [0.15, 0.2) is 5.82 Å².